The minimum atomic E-state index is 0.739. The van der Waals surface area contributed by atoms with E-state index in [9.17, 15) is 0 Å². The third-order valence-electron chi connectivity index (χ3n) is 2.91. The molecule has 0 spiro atoms. The van der Waals surface area contributed by atoms with Crippen LogP contribution in [0, 0.1) is 6.92 Å². The minimum Gasteiger partial charge on any atom is -0.221 e. The molecule has 1 aromatic carbocycles. The highest BCUT2D eigenvalue weighted by molar-refractivity contribution is 9.10. The third-order valence-corrected chi connectivity index (χ3v) is 3.68. The zero-order chi connectivity index (χ0) is 12.5. The van der Waals surface area contributed by atoms with Crippen LogP contribution in [0.5, 0.6) is 0 Å². The van der Waals surface area contributed by atoms with E-state index < -0.39 is 0 Å². The van der Waals surface area contributed by atoms with Crippen LogP contribution >= 0.6 is 15.9 Å². The second-order valence-corrected chi connectivity index (χ2v) is 5.11. The quantitative estimate of drug-likeness (QED) is 0.726. The first-order valence-corrected chi connectivity index (χ1v) is 6.57. The van der Waals surface area contributed by atoms with E-state index in [0.29, 0.717) is 0 Å². The Morgan fingerprint density at radius 3 is 2.78 bits per heavy atom. The average molecular weight is 302 g/mol. The van der Waals surface area contributed by atoms with Gasteiger partial charge in [-0.1, -0.05) is 40.2 Å². The smallest absolute Gasteiger partial charge is 0.158 e. The molecule has 0 saturated carbocycles. The van der Waals surface area contributed by atoms with Crippen molar-refractivity contribution >= 4 is 21.6 Å². The lowest BCUT2D eigenvalue weighted by Crippen LogP contribution is -1.92. The number of halogens is 1. The number of aryl methyl sites for hydroxylation is 1. The molecular formula is C14H12BrN3. The van der Waals surface area contributed by atoms with Crippen LogP contribution in [-0.2, 0) is 6.42 Å². The Hall–Kier alpha value is -1.68. The molecule has 0 aliphatic carbocycles. The maximum absolute atomic E-state index is 4.58. The average Bonchev–Trinajstić information content (AvgIpc) is 2.76. The molecule has 2 aromatic heterocycles. The van der Waals surface area contributed by atoms with Gasteiger partial charge in [0.05, 0.1) is 0 Å². The normalized spacial score (nSPS) is 11.0. The van der Waals surface area contributed by atoms with Crippen molar-refractivity contribution in [1.82, 2.24) is 14.6 Å². The summed E-state index contributed by atoms with van der Waals surface area (Å²) in [5.41, 5.74) is 3.27. The first-order valence-electron chi connectivity index (χ1n) is 5.78. The summed E-state index contributed by atoms with van der Waals surface area (Å²) in [6.45, 7) is 2.05. The van der Waals surface area contributed by atoms with Gasteiger partial charge in [-0.25, -0.2) is 9.50 Å². The molecule has 0 bridgehead atoms. The van der Waals surface area contributed by atoms with Crippen molar-refractivity contribution in [3.8, 4) is 0 Å². The van der Waals surface area contributed by atoms with E-state index in [-0.39, 0.29) is 0 Å². The fourth-order valence-electron chi connectivity index (χ4n) is 1.97. The highest BCUT2D eigenvalue weighted by atomic mass is 79.9. The molecule has 0 fully saturated rings. The molecule has 4 heteroatoms. The zero-order valence-corrected chi connectivity index (χ0v) is 11.6. The van der Waals surface area contributed by atoms with Crippen molar-refractivity contribution in [2.45, 2.75) is 13.3 Å². The van der Waals surface area contributed by atoms with Crippen molar-refractivity contribution in [1.29, 1.82) is 0 Å². The van der Waals surface area contributed by atoms with E-state index in [1.165, 1.54) is 5.56 Å². The third kappa shape index (κ3) is 2.04. The lowest BCUT2D eigenvalue weighted by atomic mass is 10.1. The Balaban J connectivity index is 2.01. The second-order valence-electron chi connectivity index (χ2n) is 4.26. The van der Waals surface area contributed by atoms with Crippen LogP contribution < -0.4 is 0 Å². The van der Waals surface area contributed by atoms with E-state index in [1.807, 2.05) is 48.0 Å². The molecule has 3 nitrogen and oxygen atoms in total. The van der Waals surface area contributed by atoms with E-state index in [4.69, 9.17) is 0 Å². The number of hydrogen-bond acceptors (Lipinski definition) is 2. The van der Waals surface area contributed by atoms with Gasteiger partial charge in [0.2, 0.25) is 0 Å². The van der Waals surface area contributed by atoms with Gasteiger partial charge in [0.25, 0.3) is 0 Å². The lowest BCUT2D eigenvalue weighted by molar-refractivity contribution is 0.897. The summed E-state index contributed by atoms with van der Waals surface area (Å²) in [6, 6.07) is 12.2. The molecule has 3 aromatic rings. The topological polar surface area (TPSA) is 30.2 Å². The summed E-state index contributed by atoms with van der Waals surface area (Å²) in [4.78, 5) is 4.58. The van der Waals surface area contributed by atoms with Crippen LogP contribution in [0.4, 0.5) is 0 Å². The number of aromatic nitrogens is 3. The Kier molecular flexibility index (Phi) is 2.88. The van der Waals surface area contributed by atoms with E-state index in [2.05, 4.69) is 32.1 Å². The zero-order valence-electron chi connectivity index (χ0n) is 9.97. The molecule has 0 N–H and O–H groups in total. The van der Waals surface area contributed by atoms with Gasteiger partial charge in [0.15, 0.2) is 11.5 Å². The van der Waals surface area contributed by atoms with Crippen molar-refractivity contribution in [2.75, 3.05) is 0 Å². The molecule has 0 unspecified atom stereocenters. The van der Waals surface area contributed by atoms with Crippen molar-refractivity contribution in [2.24, 2.45) is 0 Å². The SMILES string of the molecule is Cc1cccn2nc(Cc3ccccc3Br)nc12. The number of rotatable bonds is 2. The Morgan fingerprint density at radius 2 is 2.00 bits per heavy atom. The predicted octanol–water partition coefficient (Wildman–Crippen LogP) is 3.39. The van der Waals surface area contributed by atoms with Gasteiger partial charge in [-0.05, 0) is 30.2 Å². The molecule has 90 valence electrons. The van der Waals surface area contributed by atoms with Crippen LogP contribution in [-0.4, -0.2) is 14.6 Å². The summed E-state index contributed by atoms with van der Waals surface area (Å²) < 4.78 is 2.93. The van der Waals surface area contributed by atoms with Gasteiger partial charge >= 0.3 is 0 Å². The molecule has 0 saturated heterocycles. The fraction of sp³-hybridized carbons (Fsp3) is 0.143. The monoisotopic (exact) mass is 301 g/mol. The first-order chi connectivity index (χ1) is 8.74. The van der Waals surface area contributed by atoms with E-state index in [1.54, 1.807) is 0 Å². The fourth-order valence-corrected chi connectivity index (χ4v) is 2.40. The number of pyridine rings is 1. The van der Waals surface area contributed by atoms with Gasteiger partial charge in [-0.3, -0.25) is 0 Å². The van der Waals surface area contributed by atoms with Gasteiger partial charge in [-0.2, -0.15) is 5.10 Å². The molecule has 18 heavy (non-hydrogen) atoms. The molecule has 0 aliphatic heterocycles. The van der Waals surface area contributed by atoms with Crippen LogP contribution in [0.2, 0.25) is 0 Å². The van der Waals surface area contributed by atoms with Gasteiger partial charge in [-0.15, -0.1) is 0 Å². The summed E-state index contributed by atoms with van der Waals surface area (Å²) in [7, 11) is 0. The largest absolute Gasteiger partial charge is 0.221 e. The summed E-state index contributed by atoms with van der Waals surface area (Å²) in [5, 5.41) is 4.49. The Labute approximate surface area is 114 Å². The standard InChI is InChI=1S/C14H12BrN3/c1-10-5-4-8-18-14(10)16-13(17-18)9-11-6-2-3-7-12(11)15/h2-8H,9H2,1H3. The molecule has 0 atom stereocenters. The Morgan fingerprint density at radius 1 is 1.17 bits per heavy atom. The van der Waals surface area contributed by atoms with Crippen molar-refractivity contribution in [3.05, 3.63) is 64.0 Å². The minimum absolute atomic E-state index is 0.739. The maximum Gasteiger partial charge on any atom is 0.158 e. The van der Waals surface area contributed by atoms with Crippen LogP contribution in [0.25, 0.3) is 5.65 Å². The molecule has 2 heterocycles. The predicted molar refractivity (Wildman–Crippen MR) is 74.7 cm³/mol. The molecular weight excluding hydrogens is 290 g/mol. The summed E-state index contributed by atoms with van der Waals surface area (Å²) in [6.07, 6.45) is 2.67. The lowest BCUT2D eigenvalue weighted by Gasteiger charge is -1.99. The van der Waals surface area contributed by atoms with Gasteiger partial charge < -0.3 is 0 Å². The van der Waals surface area contributed by atoms with Crippen LogP contribution in [0.1, 0.15) is 17.0 Å². The number of fused-ring (bicyclic) bond motifs is 1. The first kappa shape index (κ1) is 11.4. The highest BCUT2D eigenvalue weighted by Gasteiger charge is 2.07. The molecule has 0 radical (unpaired) electrons. The van der Waals surface area contributed by atoms with Gasteiger partial charge in [0, 0.05) is 17.1 Å². The van der Waals surface area contributed by atoms with E-state index in [0.717, 1.165) is 27.9 Å². The summed E-state index contributed by atoms with van der Waals surface area (Å²) in [5.74, 6) is 0.844. The van der Waals surface area contributed by atoms with E-state index >= 15 is 0 Å². The molecule has 3 rings (SSSR count). The molecule has 0 aliphatic rings. The van der Waals surface area contributed by atoms with Crippen molar-refractivity contribution in [3.63, 3.8) is 0 Å². The second kappa shape index (κ2) is 4.53. The number of hydrogen-bond donors (Lipinski definition) is 0. The van der Waals surface area contributed by atoms with Crippen molar-refractivity contribution < 1.29 is 0 Å². The maximum atomic E-state index is 4.58. The highest BCUT2D eigenvalue weighted by Crippen LogP contribution is 2.18. The number of nitrogens with zero attached hydrogens (tertiary/aromatic N) is 3. The Bertz CT molecular complexity index is 703. The number of benzene rings is 1. The summed E-state index contributed by atoms with van der Waals surface area (Å²) >= 11 is 3.55. The van der Waals surface area contributed by atoms with Crippen LogP contribution in [0.3, 0.4) is 0 Å². The molecule has 0 amide bonds. The van der Waals surface area contributed by atoms with Crippen LogP contribution in [0.15, 0.2) is 47.1 Å². The van der Waals surface area contributed by atoms with Gasteiger partial charge in [0.1, 0.15) is 0 Å².